The molecule has 3 aromatic rings. The second-order valence-corrected chi connectivity index (χ2v) is 7.04. The van der Waals surface area contributed by atoms with Gasteiger partial charge < -0.3 is 15.1 Å². The van der Waals surface area contributed by atoms with E-state index in [1.807, 2.05) is 43.2 Å². The molecule has 0 aliphatic carbocycles. The Balaban J connectivity index is 0.00000320. The molecule has 0 bridgehead atoms. The number of aliphatic imine (C=N–C) groups is 1. The van der Waals surface area contributed by atoms with Crippen LogP contribution in [0.3, 0.4) is 0 Å². The zero-order chi connectivity index (χ0) is 20.5. The van der Waals surface area contributed by atoms with Crippen LogP contribution in [0.4, 0.5) is 0 Å². The molecule has 0 fully saturated rings. The maximum absolute atomic E-state index is 5.59. The SMILES string of the molecule is CCNC(=NCc1ccccc1Cn1cccn1)NCC(c1ccco1)N(C)C.I. The van der Waals surface area contributed by atoms with Crippen molar-refractivity contribution >= 4 is 29.9 Å². The third-order valence-corrected chi connectivity index (χ3v) is 4.72. The Kier molecular flexibility index (Phi) is 9.88. The zero-order valence-electron chi connectivity index (χ0n) is 17.8. The van der Waals surface area contributed by atoms with Gasteiger partial charge in [0.25, 0.3) is 0 Å². The van der Waals surface area contributed by atoms with Gasteiger partial charge in [0.2, 0.25) is 0 Å². The molecule has 0 spiro atoms. The first-order valence-electron chi connectivity index (χ1n) is 9.93. The van der Waals surface area contributed by atoms with Crippen molar-refractivity contribution in [3.63, 3.8) is 0 Å². The minimum absolute atomic E-state index is 0. The molecule has 2 N–H and O–H groups in total. The van der Waals surface area contributed by atoms with E-state index in [9.17, 15) is 0 Å². The van der Waals surface area contributed by atoms with E-state index in [4.69, 9.17) is 9.41 Å². The van der Waals surface area contributed by atoms with Crippen molar-refractivity contribution in [2.24, 2.45) is 4.99 Å². The van der Waals surface area contributed by atoms with Crippen LogP contribution in [0.5, 0.6) is 0 Å². The number of hydrogen-bond acceptors (Lipinski definition) is 4. The normalized spacial score (nSPS) is 12.5. The number of rotatable bonds is 9. The first-order chi connectivity index (χ1) is 14.2. The fraction of sp³-hybridized carbons (Fsp3) is 0.364. The quantitative estimate of drug-likeness (QED) is 0.256. The molecule has 1 unspecified atom stereocenters. The molecule has 0 aliphatic rings. The zero-order valence-corrected chi connectivity index (χ0v) is 20.1. The van der Waals surface area contributed by atoms with Gasteiger partial charge >= 0.3 is 0 Å². The second-order valence-electron chi connectivity index (χ2n) is 7.04. The van der Waals surface area contributed by atoms with Crippen LogP contribution in [0, 0.1) is 0 Å². The van der Waals surface area contributed by atoms with Gasteiger partial charge in [0.05, 0.1) is 25.4 Å². The molecule has 162 valence electrons. The molecule has 1 aromatic carbocycles. The number of nitrogens with zero attached hydrogens (tertiary/aromatic N) is 4. The molecule has 7 nitrogen and oxygen atoms in total. The lowest BCUT2D eigenvalue weighted by molar-refractivity contribution is 0.258. The van der Waals surface area contributed by atoms with Gasteiger partial charge in [0.1, 0.15) is 5.76 Å². The molecule has 0 saturated heterocycles. The minimum Gasteiger partial charge on any atom is -0.468 e. The Morgan fingerprint density at radius 1 is 1.13 bits per heavy atom. The van der Waals surface area contributed by atoms with Gasteiger partial charge in [-0.1, -0.05) is 24.3 Å². The lowest BCUT2D eigenvalue weighted by Crippen LogP contribution is -2.41. The van der Waals surface area contributed by atoms with Crippen molar-refractivity contribution in [2.75, 3.05) is 27.2 Å². The molecule has 0 aliphatic heterocycles. The Morgan fingerprint density at radius 2 is 1.93 bits per heavy atom. The van der Waals surface area contributed by atoms with Gasteiger partial charge in [0, 0.05) is 25.5 Å². The minimum atomic E-state index is 0. The van der Waals surface area contributed by atoms with Crippen LogP contribution in [0.2, 0.25) is 0 Å². The summed E-state index contributed by atoms with van der Waals surface area (Å²) in [4.78, 5) is 6.94. The number of benzene rings is 1. The van der Waals surface area contributed by atoms with E-state index in [0.29, 0.717) is 13.1 Å². The van der Waals surface area contributed by atoms with E-state index in [1.165, 1.54) is 11.1 Å². The number of nitrogens with one attached hydrogen (secondary N) is 2. The molecule has 0 amide bonds. The van der Waals surface area contributed by atoms with E-state index in [-0.39, 0.29) is 30.0 Å². The smallest absolute Gasteiger partial charge is 0.191 e. The molecule has 30 heavy (non-hydrogen) atoms. The summed E-state index contributed by atoms with van der Waals surface area (Å²) in [5, 5.41) is 11.1. The number of hydrogen-bond donors (Lipinski definition) is 2. The van der Waals surface area contributed by atoms with Gasteiger partial charge in [-0.2, -0.15) is 5.10 Å². The molecule has 2 aromatic heterocycles. The monoisotopic (exact) mass is 522 g/mol. The topological polar surface area (TPSA) is 70.6 Å². The maximum atomic E-state index is 5.59. The highest BCUT2D eigenvalue weighted by Gasteiger charge is 2.17. The molecule has 8 heteroatoms. The largest absolute Gasteiger partial charge is 0.468 e. The molecule has 1 atom stereocenters. The third kappa shape index (κ3) is 6.88. The average molecular weight is 522 g/mol. The van der Waals surface area contributed by atoms with Crippen molar-refractivity contribution < 1.29 is 4.42 Å². The lowest BCUT2D eigenvalue weighted by atomic mass is 10.1. The summed E-state index contributed by atoms with van der Waals surface area (Å²) in [5.74, 6) is 1.72. The van der Waals surface area contributed by atoms with Crippen LogP contribution < -0.4 is 10.6 Å². The maximum Gasteiger partial charge on any atom is 0.191 e. The summed E-state index contributed by atoms with van der Waals surface area (Å²) in [6.45, 7) is 4.90. The lowest BCUT2D eigenvalue weighted by Gasteiger charge is -2.23. The van der Waals surface area contributed by atoms with Gasteiger partial charge in [-0.25, -0.2) is 4.99 Å². The van der Waals surface area contributed by atoms with Crippen molar-refractivity contribution in [3.8, 4) is 0 Å². The summed E-state index contributed by atoms with van der Waals surface area (Å²) in [5.41, 5.74) is 2.41. The van der Waals surface area contributed by atoms with Crippen molar-refractivity contribution in [2.45, 2.75) is 26.1 Å². The molecule has 0 saturated carbocycles. The second kappa shape index (κ2) is 12.4. The van der Waals surface area contributed by atoms with Crippen LogP contribution >= 0.6 is 24.0 Å². The summed E-state index contributed by atoms with van der Waals surface area (Å²) < 4.78 is 7.52. The first-order valence-corrected chi connectivity index (χ1v) is 9.93. The first kappa shape index (κ1) is 23.9. The highest BCUT2D eigenvalue weighted by molar-refractivity contribution is 14.0. The molecular weight excluding hydrogens is 491 g/mol. The van der Waals surface area contributed by atoms with Crippen molar-refractivity contribution in [1.82, 2.24) is 25.3 Å². The Hall–Kier alpha value is -2.33. The number of guanidine groups is 1. The van der Waals surface area contributed by atoms with Crippen molar-refractivity contribution in [1.29, 1.82) is 0 Å². The molecular formula is C22H31IN6O. The fourth-order valence-corrected chi connectivity index (χ4v) is 3.15. The summed E-state index contributed by atoms with van der Waals surface area (Å²) in [7, 11) is 4.09. The predicted octanol–water partition coefficient (Wildman–Crippen LogP) is 3.50. The van der Waals surface area contributed by atoms with Crippen LogP contribution in [-0.2, 0) is 13.1 Å². The predicted molar refractivity (Wildman–Crippen MR) is 131 cm³/mol. The Bertz CT molecular complexity index is 877. The molecule has 2 heterocycles. The highest BCUT2D eigenvalue weighted by atomic mass is 127. The van der Waals surface area contributed by atoms with Crippen LogP contribution in [-0.4, -0.2) is 47.8 Å². The van der Waals surface area contributed by atoms with Crippen molar-refractivity contribution in [3.05, 3.63) is 78.0 Å². The summed E-state index contributed by atoms with van der Waals surface area (Å²) in [6, 6.07) is 14.3. The van der Waals surface area contributed by atoms with E-state index in [1.54, 1.807) is 12.5 Å². The van der Waals surface area contributed by atoms with E-state index in [0.717, 1.165) is 24.8 Å². The fourth-order valence-electron chi connectivity index (χ4n) is 3.15. The van der Waals surface area contributed by atoms with Gasteiger partial charge in [-0.3, -0.25) is 9.58 Å². The Labute approximate surface area is 195 Å². The average Bonchev–Trinajstić information content (AvgIpc) is 3.41. The standard InChI is InChI=1S/C22H30N6O.HI/c1-4-23-22(25-16-20(27(2)3)21-11-7-14-29-21)24-15-18-9-5-6-10-19(18)17-28-13-8-12-26-28;/h5-14,20H,4,15-17H2,1-3H3,(H2,23,24,25);1H. The van der Waals surface area contributed by atoms with Crippen LogP contribution in [0.15, 0.2) is 70.5 Å². The molecule has 3 rings (SSSR count). The number of likely N-dealkylation sites (N-methyl/N-ethyl adjacent to an activating group) is 1. The van der Waals surface area contributed by atoms with Gasteiger partial charge in [0.15, 0.2) is 5.96 Å². The summed E-state index contributed by atoms with van der Waals surface area (Å²) in [6.07, 6.45) is 5.48. The van der Waals surface area contributed by atoms with E-state index in [2.05, 4.69) is 51.8 Å². The Morgan fingerprint density at radius 3 is 2.57 bits per heavy atom. The highest BCUT2D eigenvalue weighted by Crippen LogP contribution is 2.17. The van der Waals surface area contributed by atoms with Gasteiger partial charge in [-0.05, 0) is 50.3 Å². The number of furan rings is 1. The van der Waals surface area contributed by atoms with E-state index >= 15 is 0 Å². The van der Waals surface area contributed by atoms with Gasteiger partial charge in [-0.15, -0.1) is 24.0 Å². The number of aromatic nitrogens is 2. The van der Waals surface area contributed by atoms with E-state index < -0.39 is 0 Å². The summed E-state index contributed by atoms with van der Waals surface area (Å²) >= 11 is 0. The van der Waals surface area contributed by atoms with Crippen LogP contribution in [0.25, 0.3) is 0 Å². The molecule has 0 radical (unpaired) electrons. The number of halogens is 1. The third-order valence-electron chi connectivity index (χ3n) is 4.72. The van der Waals surface area contributed by atoms with Crippen LogP contribution in [0.1, 0.15) is 29.9 Å².